The summed E-state index contributed by atoms with van der Waals surface area (Å²) in [6.45, 7) is 13.7. The SMILES string of the molecule is CC(C)C1=C(C(C)C)C(C(C)C)[C-]=C1.[Zr+2].c1ccc2c(c1)[cH-]c1ccccc12. The van der Waals surface area contributed by atoms with Gasteiger partial charge < -0.3 is 0 Å². The topological polar surface area (TPSA) is 0 Å². The van der Waals surface area contributed by atoms with Gasteiger partial charge in [-0.25, -0.2) is 6.08 Å². The van der Waals surface area contributed by atoms with Crippen LogP contribution in [-0.4, -0.2) is 0 Å². The predicted molar refractivity (Wildman–Crippen MR) is 120 cm³/mol. The van der Waals surface area contributed by atoms with E-state index in [2.05, 4.69) is 108 Å². The zero-order chi connectivity index (χ0) is 19.6. The zero-order valence-electron chi connectivity index (χ0n) is 18.1. The van der Waals surface area contributed by atoms with Crippen LogP contribution in [0.2, 0.25) is 0 Å². The standard InChI is InChI=1S/C14H23.C13H9.Zr/c1-9(2)12-7-8-13(10(3)4)14(12)11(5)6;1-3-7-12-10(5-1)9-11-6-2-4-8-13(11)12;/h7,9-11,13H,1-6H3;1-9H;/q2*-1;+2. The molecule has 0 bridgehead atoms. The predicted octanol–water partition coefficient (Wildman–Crippen LogP) is 7.95. The molecule has 0 fully saturated rings. The molecule has 28 heavy (non-hydrogen) atoms. The molecule has 0 aliphatic heterocycles. The Hall–Kier alpha value is -1.33. The Morgan fingerprint density at radius 2 is 1.25 bits per heavy atom. The van der Waals surface area contributed by atoms with Gasteiger partial charge in [0.1, 0.15) is 0 Å². The van der Waals surface area contributed by atoms with Gasteiger partial charge in [0, 0.05) is 0 Å². The van der Waals surface area contributed by atoms with Crippen LogP contribution < -0.4 is 0 Å². The molecule has 0 radical (unpaired) electrons. The van der Waals surface area contributed by atoms with E-state index in [1.165, 1.54) is 27.1 Å². The van der Waals surface area contributed by atoms with E-state index in [4.69, 9.17) is 0 Å². The van der Waals surface area contributed by atoms with Gasteiger partial charge in [0.15, 0.2) is 0 Å². The van der Waals surface area contributed by atoms with Gasteiger partial charge >= 0.3 is 26.2 Å². The summed E-state index contributed by atoms with van der Waals surface area (Å²) in [6, 6.07) is 19.3. The van der Waals surface area contributed by atoms with Gasteiger partial charge in [-0.1, -0.05) is 95.7 Å². The number of allylic oxidation sites excluding steroid dienone is 4. The Morgan fingerprint density at radius 1 is 0.750 bits per heavy atom. The van der Waals surface area contributed by atoms with Gasteiger partial charge in [0.25, 0.3) is 0 Å². The van der Waals surface area contributed by atoms with Crippen LogP contribution in [0, 0.1) is 29.7 Å². The van der Waals surface area contributed by atoms with Crippen LogP contribution in [0.25, 0.3) is 21.5 Å². The number of hydrogen-bond donors (Lipinski definition) is 0. The first-order chi connectivity index (χ1) is 12.9. The van der Waals surface area contributed by atoms with Crippen molar-refractivity contribution in [2.24, 2.45) is 23.7 Å². The summed E-state index contributed by atoms with van der Waals surface area (Å²) in [5.74, 6) is 2.54. The van der Waals surface area contributed by atoms with Gasteiger partial charge in [-0.3, -0.25) is 6.08 Å². The second kappa shape index (κ2) is 9.93. The molecule has 0 amide bonds. The van der Waals surface area contributed by atoms with E-state index < -0.39 is 0 Å². The van der Waals surface area contributed by atoms with E-state index in [1.807, 2.05) is 0 Å². The van der Waals surface area contributed by atoms with E-state index >= 15 is 0 Å². The Kier molecular flexibility index (Phi) is 8.14. The fraction of sp³-hybridized carbons (Fsp3) is 0.370. The van der Waals surface area contributed by atoms with Crippen LogP contribution in [0.4, 0.5) is 0 Å². The number of hydrogen-bond acceptors (Lipinski definition) is 0. The maximum atomic E-state index is 3.52. The minimum atomic E-state index is 0. The monoisotopic (exact) mass is 446 g/mol. The van der Waals surface area contributed by atoms with Crippen molar-refractivity contribution in [3.8, 4) is 0 Å². The van der Waals surface area contributed by atoms with Crippen LogP contribution in [0.15, 0.2) is 71.8 Å². The van der Waals surface area contributed by atoms with Crippen molar-refractivity contribution in [1.29, 1.82) is 0 Å². The van der Waals surface area contributed by atoms with Gasteiger partial charge in [-0.2, -0.15) is 11.1 Å². The van der Waals surface area contributed by atoms with Crippen molar-refractivity contribution in [2.45, 2.75) is 41.5 Å². The van der Waals surface area contributed by atoms with Gasteiger partial charge in [0.2, 0.25) is 0 Å². The number of benzene rings is 2. The summed E-state index contributed by atoms with van der Waals surface area (Å²) < 4.78 is 0. The summed E-state index contributed by atoms with van der Waals surface area (Å²) in [4.78, 5) is 0. The van der Waals surface area contributed by atoms with E-state index in [9.17, 15) is 0 Å². The van der Waals surface area contributed by atoms with Crippen LogP contribution in [0.5, 0.6) is 0 Å². The molecule has 1 aliphatic carbocycles. The van der Waals surface area contributed by atoms with Crippen LogP contribution in [0.3, 0.4) is 0 Å². The Bertz CT molecular complexity index is 916. The third kappa shape index (κ3) is 4.80. The van der Waals surface area contributed by atoms with Crippen molar-refractivity contribution < 1.29 is 26.2 Å². The molecule has 4 rings (SSSR count). The summed E-state index contributed by atoms with van der Waals surface area (Å²) in [7, 11) is 0. The van der Waals surface area contributed by atoms with E-state index in [-0.39, 0.29) is 26.2 Å². The van der Waals surface area contributed by atoms with Gasteiger partial charge in [-0.05, 0) is 5.92 Å². The average molecular weight is 448 g/mol. The largest absolute Gasteiger partial charge is 2.00 e. The molecule has 1 heteroatoms. The van der Waals surface area contributed by atoms with Crippen LogP contribution in [-0.2, 0) is 26.2 Å². The second-order valence-electron chi connectivity index (χ2n) is 8.57. The molecule has 0 saturated heterocycles. The van der Waals surface area contributed by atoms with Crippen molar-refractivity contribution in [1.82, 2.24) is 0 Å². The van der Waals surface area contributed by atoms with E-state index in [1.54, 1.807) is 5.57 Å². The van der Waals surface area contributed by atoms with Crippen molar-refractivity contribution in [3.05, 3.63) is 77.9 Å². The fourth-order valence-electron chi connectivity index (χ4n) is 4.18. The summed E-state index contributed by atoms with van der Waals surface area (Å²) in [5.41, 5.74) is 3.15. The third-order valence-electron chi connectivity index (χ3n) is 5.52. The fourth-order valence-corrected chi connectivity index (χ4v) is 4.18. The molecule has 1 unspecified atom stereocenters. The van der Waals surface area contributed by atoms with Gasteiger partial charge in [-0.15, -0.1) is 39.7 Å². The average Bonchev–Trinajstić information content (AvgIpc) is 3.24. The first-order valence-electron chi connectivity index (χ1n) is 10.3. The molecule has 0 N–H and O–H groups in total. The molecule has 0 aromatic heterocycles. The quantitative estimate of drug-likeness (QED) is 0.357. The number of fused-ring (bicyclic) bond motifs is 3. The molecule has 0 nitrogen and oxygen atoms in total. The minimum Gasteiger partial charge on any atom is -0.269 e. The van der Waals surface area contributed by atoms with Gasteiger partial charge in [0.05, 0.1) is 0 Å². The smallest absolute Gasteiger partial charge is 0.269 e. The molecule has 1 atom stereocenters. The van der Waals surface area contributed by atoms with E-state index in [0.29, 0.717) is 23.7 Å². The van der Waals surface area contributed by atoms with Crippen LogP contribution in [0.1, 0.15) is 41.5 Å². The Balaban J connectivity index is 0.000000193. The minimum absolute atomic E-state index is 0. The molecule has 0 saturated carbocycles. The molecule has 1 aliphatic rings. The molecule has 0 heterocycles. The Morgan fingerprint density at radius 3 is 1.68 bits per heavy atom. The summed E-state index contributed by atoms with van der Waals surface area (Å²) in [5, 5.41) is 5.39. The molecule has 144 valence electrons. The molecule has 3 aromatic rings. The van der Waals surface area contributed by atoms with Crippen LogP contribution >= 0.6 is 0 Å². The molecular formula is C27H32Zr. The maximum Gasteiger partial charge on any atom is 2.00 e. The zero-order valence-corrected chi connectivity index (χ0v) is 20.5. The normalized spacial score (nSPS) is 16.2. The number of rotatable bonds is 3. The second-order valence-corrected chi connectivity index (χ2v) is 8.57. The first-order valence-corrected chi connectivity index (χ1v) is 10.3. The Labute approximate surface area is 190 Å². The third-order valence-corrected chi connectivity index (χ3v) is 5.52. The summed E-state index contributed by atoms with van der Waals surface area (Å²) in [6.07, 6.45) is 5.75. The molecule has 0 spiro atoms. The maximum absolute atomic E-state index is 3.52. The van der Waals surface area contributed by atoms with Crippen molar-refractivity contribution in [2.75, 3.05) is 0 Å². The first kappa shape index (κ1) is 23.0. The molecule has 3 aromatic carbocycles. The van der Waals surface area contributed by atoms with Crippen molar-refractivity contribution >= 4 is 21.5 Å². The van der Waals surface area contributed by atoms with E-state index in [0.717, 1.165) is 0 Å². The van der Waals surface area contributed by atoms with Crippen molar-refractivity contribution in [3.63, 3.8) is 0 Å². The summed E-state index contributed by atoms with van der Waals surface area (Å²) >= 11 is 0. The molecular weight excluding hydrogens is 416 g/mol.